The summed E-state index contributed by atoms with van der Waals surface area (Å²) < 4.78 is 5.15. The molecule has 1 aromatic carbocycles. The number of Topliss-reactive ketones (excluding diaryl/α,β-unsaturated/α-hetero) is 1. The highest BCUT2D eigenvalue weighted by molar-refractivity contribution is 5.98. The van der Waals surface area contributed by atoms with Gasteiger partial charge < -0.3 is 10.5 Å². The molecule has 0 bridgehead atoms. The van der Waals surface area contributed by atoms with Crippen LogP contribution in [0.4, 0.5) is 0 Å². The third kappa shape index (κ3) is 3.66. The summed E-state index contributed by atoms with van der Waals surface area (Å²) in [5, 5.41) is 0. The summed E-state index contributed by atoms with van der Waals surface area (Å²) in [7, 11) is 1.58. The summed E-state index contributed by atoms with van der Waals surface area (Å²) >= 11 is 0. The molecule has 0 aliphatic carbocycles. The lowest BCUT2D eigenvalue weighted by Crippen LogP contribution is -2.03. The number of unbranched alkanes of at least 4 members (excludes halogenated alkanes) is 2. The van der Waals surface area contributed by atoms with Crippen molar-refractivity contribution in [3.8, 4) is 5.75 Å². The smallest absolute Gasteiger partial charge is 0.166 e. The van der Waals surface area contributed by atoms with E-state index >= 15 is 0 Å². The van der Waals surface area contributed by atoms with Crippen LogP contribution in [0.25, 0.3) is 0 Å². The van der Waals surface area contributed by atoms with Crippen LogP contribution in [0.3, 0.4) is 0 Å². The first-order valence-electron chi connectivity index (χ1n) is 5.66. The quantitative estimate of drug-likeness (QED) is 0.568. The van der Waals surface area contributed by atoms with Crippen molar-refractivity contribution in [2.24, 2.45) is 5.73 Å². The maximum atomic E-state index is 11.9. The number of benzene rings is 1. The number of nitrogens with two attached hydrogens (primary N) is 1. The van der Waals surface area contributed by atoms with E-state index < -0.39 is 0 Å². The maximum Gasteiger partial charge on any atom is 0.166 e. The molecule has 1 rings (SSSR count). The number of carbonyl (C=O) groups is 1. The summed E-state index contributed by atoms with van der Waals surface area (Å²) in [6.45, 7) is 0.697. The zero-order valence-electron chi connectivity index (χ0n) is 9.74. The van der Waals surface area contributed by atoms with E-state index in [1.165, 1.54) is 0 Å². The Hall–Kier alpha value is -1.35. The van der Waals surface area contributed by atoms with Gasteiger partial charge in [-0.25, -0.2) is 0 Å². The minimum absolute atomic E-state index is 0.148. The van der Waals surface area contributed by atoms with E-state index in [2.05, 4.69) is 0 Å². The van der Waals surface area contributed by atoms with Crippen LogP contribution in [0.15, 0.2) is 24.3 Å². The molecular formula is C13H19NO2. The van der Waals surface area contributed by atoms with Gasteiger partial charge in [-0.1, -0.05) is 18.6 Å². The molecule has 0 fully saturated rings. The number of hydrogen-bond acceptors (Lipinski definition) is 3. The molecule has 0 amide bonds. The number of hydrogen-bond donors (Lipinski definition) is 1. The predicted molar refractivity (Wildman–Crippen MR) is 64.8 cm³/mol. The minimum Gasteiger partial charge on any atom is -0.496 e. The summed E-state index contributed by atoms with van der Waals surface area (Å²) in [6.07, 6.45) is 3.46. The molecule has 0 aliphatic rings. The van der Waals surface area contributed by atoms with Gasteiger partial charge in [-0.05, 0) is 31.5 Å². The summed E-state index contributed by atoms with van der Waals surface area (Å²) in [5.74, 6) is 0.806. The Morgan fingerprint density at radius 3 is 2.69 bits per heavy atom. The Bertz CT molecular complexity index is 336. The summed E-state index contributed by atoms with van der Waals surface area (Å²) in [4.78, 5) is 11.9. The zero-order chi connectivity index (χ0) is 11.8. The number of methoxy groups -OCH3 is 1. The fraction of sp³-hybridized carbons (Fsp3) is 0.462. The number of carbonyl (C=O) groups excluding carboxylic acids is 1. The Balaban J connectivity index is 2.52. The molecule has 0 saturated carbocycles. The molecule has 0 heterocycles. The molecule has 0 saturated heterocycles. The number of ether oxygens (including phenoxy) is 1. The normalized spacial score (nSPS) is 10.1. The third-order valence-corrected chi connectivity index (χ3v) is 2.52. The molecule has 0 aliphatic heterocycles. The molecule has 1 aromatic rings. The standard InChI is InChI=1S/C13H19NO2/c1-16-13-9-5-4-7-11(13)12(15)8-3-2-6-10-14/h4-5,7,9H,2-3,6,8,10,14H2,1H3. The van der Waals surface area contributed by atoms with Gasteiger partial charge in [-0.3, -0.25) is 4.79 Å². The Labute approximate surface area is 96.6 Å². The third-order valence-electron chi connectivity index (χ3n) is 2.52. The lowest BCUT2D eigenvalue weighted by molar-refractivity contribution is 0.0976. The first-order chi connectivity index (χ1) is 7.79. The topological polar surface area (TPSA) is 52.3 Å². The van der Waals surface area contributed by atoms with Gasteiger partial charge in [-0.2, -0.15) is 0 Å². The first kappa shape index (κ1) is 12.7. The van der Waals surface area contributed by atoms with Crippen LogP contribution in [0.2, 0.25) is 0 Å². The SMILES string of the molecule is COc1ccccc1C(=O)CCCCCN. The van der Waals surface area contributed by atoms with E-state index in [0.717, 1.165) is 19.3 Å². The molecule has 2 N–H and O–H groups in total. The monoisotopic (exact) mass is 221 g/mol. The van der Waals surface area contributed by atoms with Gasteiger partial charge in [0.25, 0.3) is 0 Å². The molecule has 3 heteroatoms. The van der Waals surface area contributed by atoms with Gasteiger partial charge in [0.1, 0.15) is 5.75 Å². The molecule has 0 spiro atoms. The second-order valence-electron chi connectivity index (χ2n) is 3.72. The van der Waals surface area contributed by atoms with Crippen molar-refractivity contribution >= 4 is 5.78 Å². The van der Waals surface area contributed by atoms with Gasteiger partial charge in [-0.15, -0.1) is 0 Å². The van der Waals surface area contributed by atoms with Gasteiger partial charge >= 0.3 is 0 Å². The molecule has 0 atom stereocenters. The van der Waals surface area contributed by atoms with Crippen LogP contribution in [-0.4, -0.2) is 19.4 Å². The van der Waals surface area contributed by atoms with E-state index in [0.29, 0.717) is 24.3 Å². The van der Waals surface area contributed by atoms with E-state index in [1.54, 1.807) is 7.11 Å². The number of ketones is 1. The number of para-hydroxylation sites is 1. The molecule has 0 aromatic heterocycles. The summed E-state index contributed by atoms with van der Waals surface area (Å²) in [6, 6.07) is 7.34. The molecule has 16 heavy (non-hydrogen) atoms. The van der Waals surface area contributed by atoms with Crippen molar-refractivity contribution in [1.82, 2.24) is 0 Å². The molecule has 3 nitrogen and oxygen atoms in total. The average Bonchev–Trinajstić information content (AvgIpc) is 2.34. The second kappa shape index (κ2) is 7.01. The van der Waals surface area contributed by atoms with Crippen LogP contribution in [0.1, 0.15) is 36.0 Å². The largest absolute Gasteiger partial charge is 0.496 e. The number of rotatable bonds is 7. The van der Waals surface area contributed by atoms with Crippen LogP contribution < -0.4 is 10.5 Å². The van der Waals surface area contributed by atoms with E-state index in [9.17, 15) is 4.79 Å². The Kier molecular flexibility index (Phi) is 5.57. The van der Waals surface area contributed by atoms with E-state index in [4.69, 9.17) is 10.5 Å². The highest BCUT2D eigenvalue weighted by Crippen LogP contribution is 2.19. The van der Waals surface area contributed by atoms with Gasteiger partial charge in [0, 0.05) is 6.42 Å². The maximum absolute atomic E-state index is 11.9. The van der Waals surface area contributed by atoms with Crippen LogP contribution in [0, 0.1) is 0 Å². The average molecular weight is 221 g/mol. The van der Waals surface area contributed by atoms with Gasteiger partial charge in [0.15, 0.2) is 5.78 Å². The Morgan fingerprint density at radius 2 is 2.00 bits per heavy atom. The van der Waals surface area contributed by atoms with Crippen molar-refractivity contribution in [2.75, 3.05) is 13.7 Å². The first-order valence-corrected chi connectivity index (χ1v) is 5.66. The zero-order valence-corrected chi connectivity index (χ0v) is 9.74. The summed E-state index contributed by atoms with van der Waals surface area (Å²) in [5.41, 5.74) is 6.08. The van der Waals surface area contributed by atoms with Crippen molar-refractivity contribution in [1.29, 1.82) is 0 Å². The van der Waals surface area contributed by atoms with Gasteiger partial charge in [0.05, 0.1) is 12.7 Å². The Morgan fingerprint density at radius 1 is 1.25 bits per heavy atom. The highest BCUT2D eigenvalue weighted by Gasteiger charge is 2.10. The van der Waals surface area contributed by atoms with Crippen molar-refractivity contribution < 1.29 is 9.53 Å². The van der Waals surface area contributed by atoms with E-state index in [1.807, 2.05) is 24.3 Å². The van der Waals surface area contributed by atoms with Crippen molar-refractivity contribution in [3.05, 3.63) is 29.8 Å². The molecule has 0 radical (unpaired) electrons. The molecule has 0 unspecified atom stereocenters. The van der Waals surface area contributed by atoms with Gasteiger partial charge in [0.2, 0.25) is 0 Å². The second-order valence-corrected chi connectivity index (χ2v) is 3.72. The lowest BCUT2D eigenvalue weighted by Gasteiger charge is -2.06. The predicted octanol–water partition coefficient (Wildman–Crippen LogP) is 2.40. The highest BCUT2D eigenvalue weighted by atomic mass is 16.5. The van der Waals surface area contributed by atoms with Crippen molar-refractivity contribution in [3.63, 3.8) is 0 Å². The lowest BCUT2D eigenvalue weighted by atomic mass is 10.0. The van der Waals surface area contributed by atoms with Crippen LogP contribution in [0.5, 0.6) is 5.75 Å². The van der Waals surface area contributed by atoms with Crippen LogP contribution in [-0.2, 0) is 0 Å². The fourth-order valence-corrected chi connectivity index (χ4v) is 1.62. The molecular weight excluding hydrogens is 202 g/mol. The van der Waals surface area contributed by atoms with Crippen LogP contribution >= 0.6 is 0 Å². The fourth-order valence-electron chi connectivity index (χ4n) is 1.62. The minimum atomic E-state index is 0.148. The van der Waals surface area contributed by atoms with E-state index in [-0.39, 0.29) is 5.78 Å². The molecule has 88 valence electrons. The van der Waals surface area contributed by atoms with Crippen molar-refractivity contribution in [2.45, 2.75) is 25.7 Å².